The van der Waals surface area contributed by atoms with Crippen LogP contribution in [0.5, 0.6) is 0 Å². The maximum atomic E-state index is 11.0. The molecule has 0 saturated carbocycles. The first-order chi connectivity index (χ1) is 12.1. The Bertz CT molecular complexity index is 905. The Balaban J connectivity index is 1.66. The summed E-state index contributed by atoms with van der Waals surface area (Å²) >= 11 is 1.69. The molecule has 25 heavy (non-hydrogen) atoms. The Morgan fingerprint density at radius 1 is 1.08 bits per heavy atom. The molecule has 126 valence electrons. The van der Waals surface area contributed by atoms with Crippen LogP contribution >= 0.6 is 11.8 Å². The lowest BCUT2D eigenvalue weighted by atomic mass is 10.1. The van der Waals surface area contributed by atoms with Gasteiger partial charge in [0.05, 0.1) is 5.25 Å². The molecule has 3 aromatic rings. The van der Waals surface area contributed by atoms with Crippen LogP contribution in [-0.2, 0) is 18.3 Å². The van der Waals surface area contributed by atoms with Crippen LogP contribution < -0.4 is 5.73 Å². The molecule has 4 rings (SSSR count). The first-order valence-corrected chi connectivity index (χ1v) is 9.04. The Kier molecular flexibility index (Phi) is 4.05. The van der Waals surface area contributed by atoms with E-state index in [1.807, 2.05) is 11.6 Å². The van der Waals surface area contributed by atoms with E-state index in [1.54, 1.807) is 11.8 Å². The van der Waals surface area contributed by atoms with Crippen LogP contribution in [0.15, 0.2) is 53.7 Å². The van der Waals surface area contributed by atoms with E-state index in [2.05, 4.69) is 58.7 Å². The number of hydrogen-bond acceptors (Lipinski definition) is 4. The molecule has 1 aliphatic rings. The van der Waals surface area contributed by atoms with Gasteiger partial charge in [-0.15, -0.1) is 10.2 Å². The van der Waals surface area contributed by atoms with Gasteiger partial charge in [0, 0.05) is 19.9 Å². The van der Waals surface area contributed by atoms with Gasteiger partial charge in [-0.25, -0.2) is 0 Å². The summed E-state index contributed by atoms with van der Waals surface area (Å²) in [5, 5.41) is 9.59. The molecule has 1 amide bonds. The van der Waals surface area contributed by atoms with Crippen molar-refractivity contribution in [3.63, 3.8) is 0 Å². The molecule has 1 aliphatic carbocycles. The molecule has 0 radical (unpaired) electrons. The van der Waals surface area contributed by atoms with E-state index in [0.29, 0.717) is 6.42 Å². The maximum absolute atomic E-state index is 11.0. The van der Waals surface area contributed by atoms with Crippen molar-refractivity contribution in [2.24, 2.45) is 12.8 Å². The van der Waals surface area contributed by atoms with Crippen LogP contribution in [0.4, 0.5) is 0 Å². The SMILES string of the molecule is Cn1c(CCC(N)=O)nnc1SC1c2ccccc2-c2ccccc21. The molecule has 6 heteroatoms. The second-order valence-corrected chi connectivity index (χ2v) is 7.17. The zero-order valence-corrected chi connectivity index (χ0v) is 14.7. The minimum atomic E-state index is -0.323. The molecule has 1 aromatic heterocycles. The second-order valence-electron chi connectivity index (χ2n) is 6.10. The summed E-state index contributed by atoms with van der Waals surface area (Å²) in [6.07, 6.45) is 0.795. The molecular formula is C19H18N4OS. The number of aryl methyl sites for hydroxylation is 1. The van der Waals surface area contributed by atoms with Crippen LogP contribution in [0.25, 0.3) is 11.1 Å². The number of carbonyl (C=O) groups is 1. The van der Waals surface area contributed by atoms with Gasteiger partial charge in [0.25, 0.3) is 0 Å². The van der Waals surface area contributed by atoms with Crippen LogP contribution in [0, 0.1) is 0 Å². The minimum Gasteiger partial charge on any atom is -0.370 e. The van der Waals surface area contributed by atoms with Crippen LogP contribution in [0.1, 0.15) is 28.6 Å². The van der Waals surface area contributed by atoms with Crippen molar-refractivity contribution in [3.8, 4) is 11.1 Å². The van der Waals surface area contributed by atoms with Gasteiger partial charge in [0.15, 0.2) is 5.16 Å². The highest BCUT2D eigenvalue weighted by Gasteiger charge is 2.30. The van der Waals surface area contributed by atoms with E-state index in [4.69, 9.17) is 5.73 Å². The lowest BCUT2D eigenvalue weighted by molar-refractivity contribution is -0.118. The van der Waals surface area contributed by atoms with E-state index < -0.39 is 0 Å². The fourth-order valence-corrected chi connectivity index (χ4v) is 4.47. The number of amides is 1. The zero-order valence-electron chi connectivity index (χ0n) is 13.8. The molecule has 0 atom stereocenters. The van der Waals surface area contributed by atoms with E-state index in [-0.39, 0.29) is 17.6 Å². The summed E-state index contributed by atoms with van der Waals surface area (Å²) in [4.78, 5) is 11.0. The van der Waals surface area contributed by atoms with Gasteiger partial charge in [-0.3, -0.25) is 4.79 Å². The number of aromatic nitrogens is 3. The Labute approximate surface area is 150 Å². The van der Waals surface area contributed by atoms with Crippen molar-refractivity contribution in [1.82, 2.24) is 14.8 Å². The predicted octanol–water partition coefficient (Wildman–Crippen LogP) is 3.10. The number of thioether (sulfide) groups is 1. The second kappa shape index (κ2) is 6.37. The summed E-state index contributed by atoms with van der Waals surface area (Å²) < 4.78 is 1.96. The summed E-state index contributed by atoms with van der Waals surface area (Å²) in [7, 11) is 1.94. The Hall–Kier alpha value is -2.60. The molecule has 1 heterocycles. The average Bonchev–Trinajstić information content (AvgIpc) is 3.13. The van der Waals surface area contributed by atoms with Crippen molar-refractivity contribution in [3.05, 3.63) is 65.5 Å². The van der Waals surface area contributed by atoms with Gasteiger partial charge in [0.1, 0.15) is 5.82 Å². The highest BCUT2D eigenvalue weighted by Crippen LogP contribution is 2.51. The number of rotatable bonds is 5. The molecule has 0 aliphatic heterocycles. The fraction of sp³-hybridized carbons (Fsp3) is 0.211. The number of hydrogen-bond donors (Lipinski definition) is 1. The monoisotopic (exact) mass is 350 g/mol. The van der Waals surface area contributed by atoms with Gasteiger partial charge in [-0.05, 0) is 22.3 Å². The Morgan fingerprint density at radius 2 is 1.68 bits per heavy atom. The first kappa shape index (κ1) is 15.9. The Morgan fingerprint density at radius 3 is 2.28 bits per heavy atom. The molecule has 0 unspecified atom stereocenters. The molecule has 2 aromatic carbocycles. The largest absolute Gasteiger partial charge is 0.370 e. The van der Waals surface area contributed by atoms with Crippen molar-refractivity contribution >= 4 is 17.7 Å². The first-order valence-electron chi connectivity index (χ1n) is 8.16. The lowest BCUT2D eigenvalue weighted by Gasteiger charge is -2.12. The number of primary amides is 1. The molecule has 0 bridgehead atoms. The van der Waals surface area contributed by atoms with Gasteiger partial charge >= 0.3 is 0 Å². The lowest BCUT2D eigenvalue weighted by Crippen LogP contribution is -2.12. The number of fused-ring (bicyclic) bond motifs is 3. The highest BCUT2D eigenvalue weighted by atomic mass is 32.2. The smallest absolute Gasteiger partial charge is 0.217 e. The number of nitrogens with two attached hydrogens (primary N) is 1. The predicted molar refractivity (Wildman–Crippen MR) is 98.1 cm³/mol. The summed E-state index contributed by atoms with van der Waals surface area (Å²) in [6.45, 7) is 0. The third-order valence-corrected chi connectivity index (χ3v) is 5.83. The van der Waals surface area contributed by atoms with Gasteiger partial charge < -0.3 is 10.3 Å². The normalized spacial score (nSPS) is 12.8. The molecule has 0 saturated heterocycles. The van der Waals surface area contributed by atoms with Crippen molar-refractivity contribution < 1.29 is 4.79 Å². The van der Waals surface area contributed by atoms with Gasteiger partial charge in [-0.1, -0.05) is 60.3 Å². The van der Waals surface area contributed by atoms with E-state index in [0.717, 1.165) is 11.0 Å². The molecule has 0 spiro atoms. The zero-order chi connectivity index (χ0) is 17.4. The third kappa shape index (κ3) is 2.82. The quantitative estimate of drug-likeness (QED) is 0.767. The van der Waals surface area contributed by atoms with Crippen LogP contribution in [-0.4, -0.2) is 20.7 Å². The molecule has 0 fully saturated rings. The third-order valence-electron chi connectivity index (χ3n) is 4.52. The van der Waals surface area contributed by atoms with E-state index in [1.165, 1.54) is 22.3 Å². The standard InChI is InChI=1S/C19H18N4OS/c1-23-17(11-10-16(20)24)21-22-19(23)25-18-14-8-4-2-6-12(14)13-7-3-5-9-15(13)18/h2-9,18H,10-11H2,1H3,(H2,20,24). The van der Waals surface area contributed by atoms with E-state index >= 15 is 0 Å². The number of benzene rings is 2. The summed E-state index contributed by atoms with van der Waals surface area (Å²) in [6, 6.07) is 17.0. The fourth-order valence-electron chi connectivity index (χ4n) is 3.24. The average molecular weight is 350 g/mol. The number of carbonyl (C=O) groups excluding carboxylic acids is 1. The summed E-state index contributed by atoms with van der Waals surface area (Å²) in [5.41, 5.74) is 10.4. The van der Waals surface area contributed by atoms with Crippen molar-refractivity contribution in [2.75, 3.05) is 0 Å². The number of nitrogens with zero attached hydrogens (tertiary/aromatic N) is 3. The van der Waals surface area contributed by atoms with Crippen LogP contribution in [0.2, 0.25) is 0 Å². The van der Waals surface area contributed by atoms with Crippen molar-refractivity contribution in [1.29, 1.82) is 0 Å². The maximum Gasteiger partial charge on any atom is 0.217 e. The highest BCUT2D eigenvalue weighted by molar-refractivity contribution is 7.99. The minimum absolute atomic E-state index is 0.194. The molecule has 5 nitrogen and oxygen atoms in total. The topological polar surface area (TPSA) is 73.8 Å². The van der Waals surface area contributed by atoms with Crippen molar-refractivity contribution in [2.45, 2.75) is 23.2 Å². The summed E-state index contributed by atoms with van der Waals surface area (Å²) in [5.74, 6) is 0.455. The van der Waals surface area contributed by atoms with Gasteiger partial charge in [-0.2, -0.15) is 0 Å². The molecule has 2 N–H and O–H groups in total. The van der Waals surface area contributed by atoms with E-state index in [9.17, 15) is 4.79 Å². The molecular weight excluding hydrogens is 332 g/mol. The van der Waals surface area contributed by atoms with Crippen LogP contribution in [0.3, 0.4) is 0 Å². The van der Waals surface area contributed by atoms with Gasteiger partial charge in [0.2, 0.25) is 5.91 Å².